The summed E-state index contributed by atoms with van der Waals surface area (Å²) in [5.41, 5.74) is 7.22. The molecule has 1 rings (SSSR count). The topological polar surface area (TPSA) is 26.0 Å². The number of hydrogen-bond acceptors (Lipinski definition) is 2. The Balaban J connectivity index is 2.55. The predicted molar refractivity (Wildman–Crippen MR) is 60.1 cm³/mol. The SMILES string of the molecule is CCCC[C@H](N)c1ccc(S)cc1. The van der Waals surface area contributed by atoms with Crippen molar-refractivity contribution < 1.29 is 0 Å². The van der Waals surface area contributed by atoms with Crippen LogP contribution in [0, 0.1) is 0 Å². The summed E-state index contributed by atoms with van der Waals surface area (Å²) < 4.78 is 0. The molecular weight excluding hydrogens is 178 g/mol. The molecule has 1 atom stereocenters. The first-order valence-corrected chi connectivity index (χ1v) is 5.23. The van der Waals surface area contributed by atoms with E-state index >= 15 is 0 Å². The average molecular weight is 195 g/mol. The number of hydrogen-bond donors (Lipinski definition) is 2. The van der Waals surface area contributed by atoms with E-state index in [2.05, 4.69) is 31.7 Å². The molecule has 0 aliphatic carbocycles. The first-order chi connectivity index (χ1) is 6.24. The van der Waals surface area contributed by atoms with Crippen LogP contribution in [0.1, 0.15) is 37.8 Å². The molecule has 1 nitrogen and oxygen atoms in total. The fraction of sp³-hybridized carbons (Fsp3) is 0.455. The van der Waals surface area contributed by atoms with Crippen LogP contribution in [0.25, 0.3) is 0 Å². The van der Waals surface area contributed by atoms with E-state index in [1.54, 1.807) is 0 Å². The van der Waals surface area contributed by atoms with Crippen molar-refractivity contribution >= 4 is 12.6 Å². The highest BCUT2D eigenvalue weighted by molar-refractivity contribution is 7.80. The zero-order valence-corrected chi connectivity index (χ0v) is 8.93. The van der Waals surface area contributed by atoms with E-state index in [-0.39, 0.29) is 6.04 Å². The van der Waals surface area contributed by atoms with E-state index in [1.165, 1.54) is 18.4 Å². The minimum absolute atomic E-state index is 0.189. The second-order valence-corrected chi connectivity index (χ2v) is 3.86. The minimum atomic E-state index is 0.189. The van der Waals surface area contributed by atoms with Gasteiger partial charge in [-0.1, -0.05) is 31.9 Å². The molecule has 72 valence electrons. The highest BCUT2D eigenvalue weighted by Crippen LogP contribution is 2.18. The summed E-state index contributed by atoms with van der Waals surface area (Å²) in [5.74, 6) is 0. The molecule has 0 fully saturated rings. The molecule has 1 aromatic rings. The molecule has 2 N–H and O–H groups in total. The monoisotopic (exact) mass is 195 g/mol. The molecule has 1 aromatic carbocycles. The first-order valence-electron chi connectivity index (χ1n) is 4.78. The summed E-state index contributed by atoms with van der Waals surface area (Å²) in [7, 11) is 0. The molecule has 0 amide bonds. The van der Waals surface area contributed by atoms with Crippen molar-refractivity contribution in [2.45, 2.75) is 37.1 Å². The number of thiol groups is 1. The van der Waals surface area contributed by atoms with E-state index in [4.69, 9.17) is 5.73 Å². The predicted octanol–water partition coefficient (Wildman–Crippen LogP) is 3.17. The first kappa shape index (κ1) is 10.6. The van der Waals surface area contributed by atoms with Crippen molar-refractivity contribution in [3.05, 3.63) is 29.8 Å². The van der Waals surface area contributed by atoms with E-state index in [0.29, 0.717) is 0 Å². The fourth-order valence-electron chi connectivity index (χ4n) is 1.31. The standard InChI is InChI=1S/C11H17NS/c1-2-3-4-11(12)9-5-7-10(13)8-6-9/h5-8,11,13H,2-4,12H2,1H3/t11-/m0/s1. The molecular formula is C11H17NS. The van der Waals surface area contributed by atoms with Gasteiger partial charge >= 0.3 is 0 Å². The second kappa shape index (κ2) is 5.30. The van der Waals surface area contributed by atoms with Crippen LogP contribution < -0.4 is 5.73 Å². The molecule has 0 radical (unpaired) electrons. The van der Waals surface area contributed by atoms with Crippen LogP contribution >= 0.6 is 12.6 Å². The van der Waals surface area contributed by atoms with Gasteiger partial charge in [-0.3, -0.25) is 0 Å². The van der Waals surface area contributed by atoms with Gasteiger partial charge in [-0.05, 0) is 24.1 Å². The quantitative estimate of drug-likeness (QED) is 0.709. The summed E-state index contributed by atoms with van der Waals surface area (Å²) in [4.78, 5) is 0.992. The molecule has 0 aliphatic rings. The summed E-state index contributed by atoms with van der Waals surface area (Å²) in [6.45, 7) is 2.18. The van der Waals surface area contributed by atoms with Gasteiger partial charge in [0.1, 0.15) is 0 Å². The van der Waals surface area contributed by atoms with Gasteiger partial charge in [0.2, 0.25) is 0 Å². The normalized spacial score (nSPS) is 12.8. The number of nitrogens with two attached hydrogens (primary N) is 1. The maximum atomic E-state index is 6.01. The lowest BCUT2D eigenvalue weighted by atomic mass is 10.0. The Morgan fingerprint density at radius 1 is 1.31 bits per heavy atom. The number of unbranched alkanes of at least 4 members (excludes halogenated alkanes) is 1. The molecule has 0 aromatic heterocycles. The van der Waals surface area contributed by atoms with Crippen LogP contribution in [0.15, 0.2) is 29.2 Å². The Labute approximate surface area is 85.8 Å². The van der Waals surface area contributed by atoms with Crippen LogP contribution in [-0.4, -0.2) is 0 Å². The highest BCUT2D eigenvalue weighted by Gasteiger charge is 2.03. The van der Waals surface area contributed by atoms with Crippen molar-refractivity contribution in [1.29, 1.82) is 0 Å². The summed E-state index contributed by atoms with van der Waals surface area (Å²) >= 11 is 4.23. The summed E-state index contributed by atoms with van der Waals surface area (Å²) in [6.07, 6.45) is 3.48. The summed E-state index contributed by atoms with van der Waals surface area (Å²) in [6, 6.07) is 8.29. The van der Waals surface area contributed by atoms with Crippen molar-refractivity contribution in [2.75, 3.05) is 0 Å². The zero-order valence-electron chi connectivity index (χ0n) is 8.03. The third kappa shape index (κ3) is 3.41. The van der Waals surface area contributed by atoms with Gasteiger partial charge < -0.3 is 5.73 Å². The lowest BCUT2D eigenvalue weighted by Gasteiger charge is -2.10. The molecule has 0 aliphatic heterocycles. The maximum Gasteiger partial charge on any atom is 0.0294 e. The van der Waals surface area contributed by atoms with Crippen molar-refractivity contribution in [1.82, 2.24) is 0 Å². The van der Waals surface area contributed by atoms with Crippen molar-refractivity contribution in [3.63, 3.8) is 0 Å². The Morgan fingerprint density at radius 2 is 1.92 bits per heavy atom. The van der Waals surface area contributed by atoms with Crippen molar-refractivity contribution in [2.24, 2.45) is 5.73 Å². The van der Waals surface area contributed by atoms with Crippen LogP contribution in [0.4, 0.5) is 0 Å². The minimum Gasteiger partial charge on any atom is -0.324 e. The molecule has 0 saturated heterocycles. The second-order valence-electron chi connectivity index (χ2n) is 3.34. The number of rotatable bonds is 4. The largest absolute Gasteiger partial charge is 0.324 e. The Bertz CT molecular complexity index is 243. The van der Waals surface area contributed by atoms with E-state index in [1.807, 2.05) is 12.1 Å². The molecule has 2 heteroatoms. The van der Waals surface area contributed by atoms with Crippen LogP contribution in [-0.2, 0) is 0 Å². The highest BCUT2D eigenvalue weighted by atomic mass is 32.1. The average Bonchev–Trinajstić information content (AvgIpc) is 2.15. The third-order valence-electron chi connectivity index (χ3n) is 2.19. The van der Waals surface area contributed by atoms with Gasteiger partial charge in [-0.2, -0.15) is 0 Å². The van der Waals surface area contributed by atoms with Gasteiger partial charge in [0.25, 0.3) is 0 Å². The molecule has 13 heavy (non-hydrogen) atoms. The fourth-order valence-corrected chi connectivity index (χ4v) is 1.46. The van der Waals surface area contributed by atoms with Gasteiger partial charge in [0.05, 0.1) is 0 Å². The lowest BCUT2D eigenvalue weighted by Crippen LogP contribution is -2.09. The maximum absolute atomic E-state index is 6.01. The molecule has 0 unspecified atom stereocenters. The van der Waals surface area contributed by atoms with Gasteiger partial charge in [-0.25, -0.2) is 0 Å². The smallest absolute Gasteiger partial charge is 0.0294 e. The zero-order chi connectivity index (χ0) is 9.68. The third-order valence-corrected chi connectivity index (χ3v) is 2.49. The van der Waals surface area contributed by atoms with Gasteiger partial charge in [0.15, 0.2) is 0 Å². The van der Waals surface area contributed by atoms with E-state index < -0.39 is 0 Å². The van der Waals surface area contributed by atoms with Crippen LogP contribution in [0.2, 0.25) is 0 Å². The Hall–Kier alpha value is -0.470. The molecule has 0 saturated carbocycles. The molecule has 0 heterocycles. The van der Waals surface area contributed by atoms with Crippen LogP contribution in [0.3, 0.4) is 0 Å². The Morgan fingerprint density at radius 3 is 2.46 bits per heavy atom. The van der Waals surface area contributed by atoms with E-state index in [9.17, 15) is 0 Å². The van der Waals surface area contributed by atoms with E-state index in [0.717, 1.165) is 11.3 Å². The molecule has 0 bridgehead atoms. The lowest BCUT2D eigenvalue weighted by molar-refractivity contribution is 0.603. The summed E-state index contributed by atoms with van der Waals surface area (Å²) in [5, 5.41) is 0. The molecule has 0 spiro atoms. The van der Waals surface area contributed by atoms with Crippen LogP contribution in [0.5, 0.6) is 0 Å². The van der Waals surface area contributed by atoms with Crippen molar-refractivity contribution in [3.8, 4) is 0 Å². The van der Waals surface area contributed by atoms with Gasteiger partial charge in [-0.15, -0.1) is 12.6 Å². The van der Waals surface area contributed by atoms with Gasteiger partial charge in [0, 0.05) is 10.9 Å². The Kier molecular flexibility index (Phi) is 4.33. The number of benzene rings is 1.